The van der Waals surface area contributed by atoms with Crippen molar-refractivity contribution in [3.05, 3.63) is 30.0 Å². The Kier molecular flexibility index (Phi) is 3.32. The van der Waals surface area contributed by atoms with Gasteiger partial charge in [-0.05, 0) is 32.0 Å². The summed E-state index contributed by atoms with van der Waals surface area (Å²) in [7, 11) is 0. The zero-order valence-electron chi connectivity index (χ0n) is 9.86. The molecule has 2 aromatic rings. The van der Waals surface area contributed by atoms with Gasteiger partial charge in [0.25, 0.3) is 0 Å². The van der Waals surface area contributed by atoms with Crippen LogP contribution in [-0.4, -0.2) is 19.2 Å². The Balaban J connectivity index is 2.47. The van der Waals surface area contributed by atoms with Gasteiger partial charge < -0.3 is 13.9 Å². The molecule has 17 heavy (non-hydrogen) atoms. The van der Waals surface area contributed by atoms with Gasteiger partial charge in [0, 0.05) is 0 Å². The van der Waals surface area contributed by atoms with Crippen molar-refractivity contribution in [1.29, 1.82) is 0 Å². The summed E-state index contributed by atoms with van der Waals surface area (Å²) in [5, 5.41) is 0.861. The summed E-state index contributed by atoms with van der Waals surface area (Å²) in [6, 6.07) is 5.16. The molecule has 0 N–H and O–H groups in total. The van der Waals surface area contributed by atoms with Crippen molar-refractivity contribution in [3.8, 4) is 5.75 Å². The van der Waals surface area contributed by atoms with Crippen LogP contribution in [0.2, 0.25) is 0 Å². The van der Waals surface area contributed by atoms with Gasteiger partial charge in [0.05, 0.1) is 30.4 Å². The fraction of sp³-hybridized carbons (Fsp3) is 0.308. The van der Waals surface area contributed by atoms with Crippen molar-refractivity contribution < 1.29 is 18.7 Å². The molecule has 0 bridgehead atoms. The van der Waals surface area contributed by atoms with Crippen LogP contribution >= 0.6 is 0 Å². The largest absolute Gasteiger partial charge is 0.493 e. The molecule has 0 spiro atoms. The first-order valence-electron chi connectivity index (χ1n) is 5.57. The van der Waals surface area contributed by atoms with Crippen LogP contribution < -0.4 is 4.74 Å². The summed E-state index contributed by atoms with van der Waals surface area (Å²) in [5.41, 5.74) is 1.07. The van der Waals surface area contributed by atoms with E-state index in [2.05, 4.69) is 0 Å². The Morgan fingerprint density at radius 3 is 2.82 bits per heavy atom. The number of fused-ring (bicyclic) bond motifs is 1. The monoisotopic (exact) mass is 234 g/mol. The molecule has 0 fully saturated rings. The third-order valence-corrected chi connectivity index (χ3v) is 2.34. The third-order valence-electron chi connectivity index (χ3n) is 2.34. The van der Waals surface area contributed by atoms with E-state index in [4.69, 9.17) is 13.9 Å². The molecular formula is C13H14O4. The van der Waals surface area contributed by atoms with E-state index < -0.39 is 0 Å². The molecule has 0 saturated carbocycles. The molecule has 0 aliphatic carbocycles. The zero-order valence-corrected chi connectivity index (χ0v) is 9.86. The highest BCUT2D eigenvalue weighted by atomic mass is 16.5. The summed E-state index contributed by atoms with van der Waals surface area (Å²) in [6.45, 7) is 4.54. The van der Waals surface area contributed by atoms with Crippen LogP contribution in [0.3, 0.4) is 0 Å². The van der Waals surface area contributed by atoms with Crippen molar-refractivity contribution in [2.45, 2.75) is 13.8 Å². The quantitative estimate of drug-likeness (QED) is 0.763. The molecule has 0 atom stereocenters. The van der Waals surface area contributed by atoms with E-state index in [1.54, 1.807) is 25.3 Å². The average molecular weight is 234 g/mol. The summed E-state index contributed by atoms with van der Waals surface area (Å²) >= 11 is 0. The fourth-order valence-electron chi connectivity index (χ4n) is 1.65. The molecule has 0 amide bonds. The lowest BCUT2D eigenvalue weighted by atomic mass is 10.1. The number of rotatable bonds is 4. The van der Waals surface area contributed by atoms with E-state index in [1.807, 2.05) is 13.0 Å². The molecule has 1 aromatic heterocycles. The smallest absolute Gasteiger partial charge is 0.338 e. The van der Waals surface area contributed by atoms with Gasteiger partial charge in [0.1, 0.15) is 11.3 Å². The number of hydrogen-bond acceptors (Lipinski definition) is 4. The van der Waals surface area contributed by atoms with Crippen LogP contribution in [0.1, 0.15) is 24.2 Å². The van der Waals surface area contributed by atoms with E-state index >= 15 is 0 Å². The summed E-state index contributed by atoms with van der Waals surface area (Å²) in [4.78, 5) is 11.6. The topological polar surface area (TPSA) is 48.7 Å². The molecule has 90 valence electrons. The van der Waals surface area contributed by atoms with E-state index in [0.717, 1.165) is 5.39 Å². The Bertz CT molecular complexity index is 527. The maximum Gasteiger partial charge on any atom is 0.338 e. The highest BCUT2D eigenvalue weighted by Gasteiger charge is 2.13. The van der Waals surface area contributed by atoms with Gasteiger partial charge in [0.15, 0.2) is 0 Å². The minimum Gasteiger partial charge on any atom is -0.493 e. The average Bonchev–Trinajstić information content (AvgIpc) is 2.78. The van der Waals surface area contributed by atoms with Crippen molar-refractivity contribution in [3.63, 3.8) is 0 Å². The number of ether oxygens (including phenoxy) is 2. The molecule has 2 rings (SSSR count). The van der Waals surface area contributed by atoms with Crippen molar-refractivity contribution in [2.75, 3.05) is 13.2 Å². The Morgan fingerprint density at radius 1 is 1.29 bits per heavy atom. The van der Waals surface area contributed by atoms with Gasteiger partial charge in [-0.3, -0.25) is 0 Å². The molecule has 0 radical (unpaired) electrons. The number of carbonyl (C=O) groups excluding carboxylic acids is 1. The van der Waals surface area contributed by atoms with Crippen LogP contribution in [0.5, 0.6) is 5.75 Å². The third kappa shape index (κ3) is 2.25. The van der Waals surface area contributed by atoms with Crippen molar-refractivity contribution in [2.24, 2.45) is 0 Å². The minimum atomic E-state index is -0.369. The first kappa shape index (κ1) is 11.5. The number of carbonyl (C=O) groups is 1. The lowest BCUT2D eigenvalue weighted by molar-refractivity contribution is 0.0526. The van der Waals surface area contributed by atoms with Gasteiger partial charge >= 0.3 is 5.97 Å². The van der Waals surface area contributed by atoms with Crippen LogP contribution in [0.15, 0.2) is 28.9 Å². The number of esters is 1. The molecular weight excluding hydrogens is 220 g/mol. The number of hydrogen-bond donors (Lipinski definition) is 0. The SMILES string of the molecule is CCOC(=O)c1cc(OCC)c2ccoc2c1. The fourth-order valence-corrected chi connectivity index (χ4v) is 1.65. The molecule has 0 saturated heterocycles. The Morgan fingerprint density at radius 2 is 2.12 bits per heavy atom. The summed E-state index contributed by atoms with van der Waals surface area (Å²) in [5.74, 6) is 0.272. The molecule has 4 heteroatoms. The normalized spacial score (nSPS) is 10.5. The van der Waals surface area contributed by atoms with Gasteiger partial charge in [-0.1, -0.05) is 0 Å². The standard InChI is InChI=1S/C13H14O4/c1-3-15-11-7-9(13(14)16-4-2)8-12-10(11)5-6-17-12/h5-8H,3-4H2,1-2H3. The molecule has 0 unspecified atom stereocenters. The van der Waals surface area contributed by atoms with Crippen molar-refractivity contribution >= 4 is 16.9 Å². The predicted octanol–water partition coefficient (Wildman–Crippen LogP) is 3.01. The first-order valence-corrected chi connectivity index (χ1v) is 5.57. The van der Waals surface area contributed by atoms with Crippen LogP contribution in [0.25, 0.3) is 11.0 Å². The summed E-state index contributed by atoms with van der Waals surface area (Å²) < 4.78 is 15.7. The first-order chi connectivity index (χ1) is 8.26. The molecule has 1 aromatic carbocycles. The Labute approximate surface area is 99.1 Å². The second-order valence-electron chi connectivity index (χ2n) is 3.46. The molecule has 4 nitrogen and oxygen atoms in total. The van der Waals surface area contributed by atoms with Crippen LogP contribution in [-0.2, 0) is 4.74 Å². The second-order valence-corrected chi connectivity index (χ2v) is 3.46. The van der Waals surface area contributed by atoms with E-state index in [0.29, 0.717) is 30.1 Å². The number of furan rings is 1. The van der Waals surface area contributed by atoms with Gasteiger partial charge in [-0.2, -0.15) is 0 Å². The van der Waals surface area contributed by atoms with Crippen LogP contribution in [0, 0.1) is 0 Å². The highest BCUT2D eigenvalue weighted by Crippen LogP contribution is 2.29. The maximum absolute atomic E-state index is 11.6. The van der Waals surface area contributed by atoms with E-state index in [9.17, 15) is 4.79 Å². The van der Waals surface area contributed by atoms with Gasteiger partial charge in [-0.15, -0.1) is 0 Å². The maximum atomic E-state index is 11.6. The highest BCUT2D eigenvalue weighted by molar-refractivity contribution is 5.96. The minimum absolute atomic E-state index is 0.346. The molecule has 0 aliphatic rings. The lowest BCUT2D eigenvalue weighted by Gasteiger charge is -2.07. The number of benzene rings is 1. The predicted molar refractivity (Wildman–Crippen MR) is 63.3 cm³/mol. The van der Waals surface area contributed by atoms with Gasteiger partial charge in [0.2, 0.25) is 0 Å². The zero-order chi connectivity index (χ0) is 12.3. The molecule has 0 aliphatic heterocycles. The van der Waals surface area contributed by atoms with Crippen molar-refractivity contribution in [1.82, 2.24) is 0 Å². The van der Waals surface area contributed by atoms with Gasteiger partial charge in [-0.25, -0.2) is 4.79 Å². The van der Waals surface area contributed by atoms with E-state index in [1.165, 1.54) is 0 Å². The molecule has 1 heterocycles. The second kappa shape index (κ2) is 4.91. The summed E-state index contributed by atoms with van der Waals surface area (Å²) in [6.07, 6.45) is 1.57. The van der Waals surface area contributed by atoms with E-state index in [-0.39, 0.29) is 5.97 Å². The lowest BCUT2D eigenvalue weighted by Crippen LogP contribution is -2.05. The Hall–Kier alpha value is -1.97. The van der Waals surface area contributed by atoms with Crippen LogP contribution in [0.4, 0.5) is 0 Å².